The van der Waals surface area contributed by atoms with Gasteiger partial charge in [-0.25, -0.2) is 0 Å². The zero-order chi connectivity index (χ0) is 25.4. The lowest BCUT2D eigenvalue weighted by atomic mass is 9.96. The van der Waals surface area contributed by atoms with Crippen molar-refractivity contribution in [1.29, 1.82) is 0 Å². The van der Waals surface area contributed by atoms with Gasteiger partial charge in [-0.15, -0.1) is 0 Å². The third-order valence-corrected chi connectivity index (χ3v) is 7.46. The van der Waals surface area contributed by atoms with Gasteiger partial charge in [0, 0.05) is 48.7 Å². The zero-order valence-corrected chi connectivity index (χ0v) is 22.4. The molecule has 2 atom stereocenters. The molecule has 0 bridgehead atoms. The molecule has 184 valence electrons. The number of aryl methyl sites for hydroxylation is 2. The van der Waals surface area contributed by atoms with E-state index in [4.69, 9.17) is 17.2 Å². The van der Waals surface area contributed by atoms with Crippen LogP contribution < -0.4 is 15.1 Å². The van der Waals surface area contributed by atoms with Crippen LogP contribution >= 0.6 is 12.2 Å². The molecule has 1 fully saturated rings. The Hall–Kier alpha value is -3.64. The number of anilines is 2. The van der Waals surface area contributed by atoms with Gasteiger partial charge in [0.2, 0.25) is 0 Å². The lowest BCUT2D eigenvalue weighted by Gasteiger charge is -2.28. The van der Waals surface area contributed by atoms with Crippen molar-refractivity contribution in [3.05, 3.63) is 107 Å². The zero-order valence-electron chi connectivity index (χ0n) is 21.6. The molecule has 2 aromatic heterocycles. The highest BCUT2D eigenvalue weighted by molar-refractivity contribution is 7.80. The summed E-state index contributed by atoms with van der Waals surface area (Å²) in [4.78, 5) is 9.08. The normalized spacial score (nSPS) is 17.4. The van der Waals surface area contributed by atoms with E-state index in [1.807, 2.05) is 18.3 Å². The topological polar surface area (TPSA) is 36.3 Å². The third-order valence-electron chi connectivity index (χ3n) is 7.14. The average molecular weight is 496 g/mol. The van der Waals surface area contributed by atoms with Crippen molar-refractivity contribution < 1.29 is 0 Å². The highest BCUT2D eigenvalue weighted by Gasteiger charge is 2.42. The van der Waals surface area contributed by atoms with Crippen LogP contribution in [0.4, 0.5) is 11.4 Å². The minimum Gasteiger partial charge on any atom is -0.378 e. The Kier molecular flexibility index (Phi) is 6.54. The quantitative estimate of drug-likeness (QED) is 0.318. The van der Waals surface area contributed by atoms with E-state index in [2.05, 4.69) is 115 Å². The Labute approximate surface area is 219 Å². The maximum absolute atomic E-state index is 5.95. The smallest absolute Gasteiger partial charge is 0.174 e. The molecule has 1 aliphatic rings. The van der Waals surface area contributed by atoms with Gasteiger partial charge in [-0.2, -0.15) is 0 Å². The van der Waals surface area contributed by atoms with Gasteiger partial charge >= 0.3 is 0 Å². The van der Waals surface area contributed by atoms with Gasteiger partial charge in [-0.3, -0.25) is 4.98 Å². The predicted octanol–water partition coefficient (Wildman–Crippen LogP) is 6.29. The molecule has 5 rings (SSSR count). The van der Waals surface area contributed by atoms with Crippen molar-refractivity contribution in [3.63, 3.8) is 0 Å². The Balaban J connectivity index is 1.67. The van der Waals surface area contributed by atoms with Crippen molar-refractivity contribution in [1.82, 2.24) is 14.9 Å². The molecule has 0 radical (unpaired) electrons. The summed E-state index contributed by atoms with van der Waals surface area (Å²) in [5, 5.41) is 4.31. The second kappa shape index (κ2) is 9.78. The summed E-state index contributed by atoms with van der Waals surface area (Å²) in [5.74, 6) is 0. The van der Waals surface area contributed by atoms with E-state index in [1.54, 1.807) is 0 Å². The highest BCUT2D eigenvalue weighted by Crippen LogP contribution is 2.44. The summed E-state index contributed by atoms with van der Waals surface area (Å²) in [6, 6.07) is 25.6. The second-order valence-electron chi connectivity index (χ2n) is 9.55. The lowest BCUT2D eigenvalue weighted by Crippen LogP contribution is -2.29. The fourth-order valence-electron chi connectivity index (χ4n) is 5.35. The van der Waals surface area contributed by atoms with Crippen molar-refractivity contribution in [2.24, 2.45) is 0 Å². The van der Waals surface area contributed by atoms with Crippen LogP contribution in [-0.4, -0.2) is 28.8 Å². The van der Waals surface area contributed by atoms with Crippen LogP contribution in [0.3, 0.4) is 0 Å². The summed E-state index contributed by atoms with van der Waals surface area (Å²) in [6.45, 7) is 6.62. The molecule has 5 nitrogen and oxygen atoms in total. The number of nitrogens with one attached hydrogen (secondary N) is 1. The van der Waals surface area contributed by atoms with E-state index in [0.717, 1.165) is 23.5 Å². The summed E-state index contributed by atoms with van der Waals surface area (Å²) in [5.41, 5.74) is 9.47. The van der Waals surface area contributed by atoms with Crippen LogP contribution in [0.2, 0.25) is 0 Å². The van der Waals surface area contributed by atoms with Crippen LogP contribution in [0.15, 0.2) is 79.0 Å². The molecule has 6 heteroatoms. The first-order chi connectivity index (χ1) is 17.4. The van der Waals surface area contributed by atoms with E-state index < -0.39 is 0 Å². The van der Waals surface area contributed by atoms with Gasteiger partial charge in [0.15, 0.2) is 5.11 Å². The van der Waals surface area contributed by atoms with E-state index in [9.17, 15) is 0 Å². The second-order valence-corrected chi connectivity index (χ2v) is 9.94. The number of para-hydroxylation sites is 1. The monoisotopic (exact) mass is 495 g/mol. The first kappa shape index (κ1) is 24.1. The SMILES string of the molecule is CCc1ccccc1-n1c(C)cc([C@H]2[C@@H](c3ccccn3)NC(=S)N2c2ccc(N(C)C)cc2)c1C. The fourth-order valence-corrected chi connectivity index (χ4v) is 5.69. The lowest BCUT2D eigenvalue weighted by molar-refractivity contribution is 0.565. The third kappa shape index (κ3) is 4.16. The Morgan fingerprint density at radius 3 is 2.36 bits per heavy atom. The van der Waals surface area contributed by atoms with E-state index in [0.29, 0.717) is 5.11 Å². The number of pyridine rings is 1. The van der Waals surface area contributed by atoms with Crippen LogP contribution in [0.5, 0.6) is 0 Å². The van der Waals surface area contributed by atoms with Crippen molar-refractivity contribution in [3.8, 4) is 5.69 Å². The number of nitrogens with zero attached hydrogens (tertiary/aromatic N) is 4. The van der Waals surface area contributed by atoms with Gasteiger partial charge in [0.05, 0.1) is 17.8 Å². The van der Waals surface area contributed by atoms with Crippen molar-refractivity contribution in [2.75, 3.05) is 23.9 Å². The fraction of sp³-hybridized carbons (Fsp3) is 0.267. The van der Waals surface area contributed by atoms with Gasteiger partial charge < -0.3 is 19.7 Å². The van der Waals surface area contributed by atoms with Crippen LogP contribution in [0.25, 0.3) is 5.69 Å². The number of benzene rings is 2. The first-order valence-electron chi connectivity index (χ1n) is 12.5. The Morgan fingerprint density at radius 1 is 0.972 bits per heavy atom. The molecule has 0 saturated carbocycles. The van der Waals surface area contributed by atoms with E-state index in [1.165, 1.54) is 28.2 Å². The molecule has 0 aliphatic carbocycles. The van der Waals surface area contributed by atoms with Crippen LogP contribution in [0, 0.1) is 13.8 Å². The summed E-state index contributed by atoms with van der Waals surface area (Å²) in [6.07, 6.45) is 2.84. The summed E-state index contributed by atoms with van der Waals surface area (Å²) in [7, 11) is 4.11. The molecule has 2 aromatic carbocycles. The van der Waals surface area contributed by atoms with Crippen molar-refractivity contribution >= 4 is 28.7 Å². The minimum atomic E-state index is -0.0670. The minimum absolute atomic E-state index is 0.0358. The molecular weight excluding hydrogens is 462 g/mol. The molecule has 0 amide bonds. The Bertz CT molecular complexity index is 1370. The molecule has 1 saturated heterocycles. The predicted molar refractivity (Wildman–Crippen MR) is 153 cm³/mol. The molecule has 0 unspecified atom stereocenters. The van der Waals surface area contributed by atoms with Gasteiger partial charge in [0.1, 0.15) is 0 Å². The molecule has 3 heterocycles. The molecule has 1 N–H and O–H groups in total. The number of rotatable bonds is 6. The van der Waals surface area contributed by atoms with Gasteiger partial charge in [0.25, 0.3) is 0 Å². The van der Waals surface area contributed by atoms with Crippen LogP contribution in [-0.2, 0) is 6.42 Å². The largest absolute Gasteiger partial charge is 0.378 e. The maximum Gasteiger partial charge on any atom is 0.174 e. The first-order valence-corrected chi connectivity index (χ1v) is 12.9. The number of hydrogen-bond donors (Lipinski definition) is 1. The van der Waals surface area contributed by atoms with Crippen LogP contribution in [0.1, 0.15) is 47.2 Å². The molecular formula is C30H33N5S. The molecule has 36 heavy (non-hydrogen) atoms. The highest BCUT2D eigenvalue weighted by atomic mass is 32.1. The van der Waals surface area contributed by atoms with E-state index in [-0.39, 0.29) is 12.1 Å². The number of thiocarbonyl (C=S) groups is 1. The number of aromatic nitrogens is 2. The maximum atomic E-state index is 5.95. The van der Waals surface area contributed by atoms with Gasteiger partial charge in [-0.05, 0) is 92.1 Å². The average Bonchev–Trinajstić information content (AvgIpc) is 3.39. The molecule has 4 aromatic rings. The van der Waals surface area contributed by atoms with Gasteiger partial charge in [-0.1, -0.05) is 31.2 Å². The summed E-state index contributed by atoms with van der Waals surface area (Å²) >= 11 is 5.95. The summed E-state index contributed by atoms with van der Waals surface area (Å²) < 4.78 is 2.39. The molecule has 1 aliphatic heterocycles. The van der Waals surface area contributed by atoms with Crippen molar-refractivity contribution in [2.45, 2.75) is 39.3 Å². The standard InChI is InChI=1S/C30H33N5S/c1-6-22-11-7-8-13-27(22)34-20(2)19-25(21(34)3)29-28(26-12-9-10-18-31-26)32-30(36)35(29)24-16-14-23(15-17-24)33(4)5/h7-19,28-29H,6H2,1-5H3,(H,32,36)/t28-,29+/m1/s1. The van der Waals surface area contributed by atoms with E-state index >= 15 is 0 Å². The number of hydrogen-bond acceptors (Lipinski definition) is 3. The molecule has 0 spiro atoms. The Morgan fingerprint density at radius 2 is 1.69 bits per heavy atom.